The number of nitrogens with one attached hydrogen (secondary N) is 2. The maximum absolute atomic E-state index is 12.8. The summed E-state index contributed by atoms with van der Waals surface area (Å²) in [5.74, 6) is -0.848. The predicted octanol–water partition coefficient (Wildman–Crippen LogP) is 4.45. The van der Waals surface area contributed by atoms with E-state index >= 15 is 0 Å². The fourth-order valence-electron chi connectivity index (χ4n) is 3.80. The second kappa shape index (κ2) is 12.4. The summed E-state index contributed by atoms with van der Waals surface area (Å²) in [7, 11) is 0. The summed E-state index contributed by atoms with van der Waals surface area (Å²) in [6.45, 7) is 11.5. The molecule has 0 spiro atoms. The van der Waals surface area contributed by atoms with Crippen molar-refractivity contribution in [2.75, 3.05) is 41.7 Å². The van der Waals surface area contributed by atoms with Gasteiger partial charge in [0.25, 0.3) is 11.8 Å². The Hall–Kier alpha value is -3.33. The first-order chi connectivity index (χ1) is 16.9. The second-order valence-corrected chi connectivity index (χ2v) is 9.19. The topological polar surface area (TPSA) is 94.1 Å². The quantitative estimate of drug-likeness (QED) is 0.506. The highest BCUT2D eigenvalue weighted by Gasteiger charge is 2.32. The van der Waals surface area contributed by atoms with Crippen molar-refractivity contribution < 1.29 is 14.4 Å². The van der Waals surface area contributed by atoms with Gasteiger partial charge in [0.15, 0.2) is 5.17 Å². The minimum absolute atomic E-state index is 0.0209. The molecule has 3 rings (SSSR count). The van der Waals surface area contributed by atoms with Crippen molar-refractivity contribution >= 4 is 51.7 Å². The standard InChI is InChI=1S/C26H33N5O3S/c1-5-30(6-2)21-14-12-19(13-15-21)28-24(33)18-10-9-11-20(16-18)27-23(32)17-22-25(34)29-26(35-22)31(7-3)8-4/h9-16,22H,5-8,17H2,1-4H3,(H,27,32)(H,28,33)/t22-/m0/s1. The van der Waals surface area contributed by atoms with Crippen LogP contribution in [-0.2, 0) is 9.59 Å². The van der Waals surface area contributed by atoms with Gasteiger partial charge in [-0.05, 0) is 70.2 Å². The Labute approximate surface area is 211 Å². The highest BCUT2D eigenvalue weighted by atomic mass is 32.2. The van der Waals surface area contributed by atoms with Crippen molar-refractivity contribution in [2.45, 2.75) is 39.4 Å². The normalized spacial score (nSPS) is 14.9. The van der Waals surface area contributed by atoms with E-state index in [1.807, 2.05) is 43.0 Å². The smallest absolute Gasteiger partial charge is 0.262 e. The molecule has 2 aromatic carbocycles. The van der Waals surface area contributed by atoms with Crippen LogP contribution in [0.5, 0.6) is 0 Å². The Balaban J connectivity index is 1.57. The highest BCUT2D eigenvalue weighted by molar-refractivity contribution is 8.15. The van der Waals surface area contributed by atoms with Crippen LogP contribution in [0.2, 0.25) is 0 Å². The predicted molar refractivity (Wildman–Crippen MR) is 144 cm³/mol. The molecule has 0 saturated carbocycles. The van der Waals surface area contributed by atoms with Crippen LogP contribution in [0.15, 0.2) is 53.5 Å². The fraction of sp³-hybridized carbons (Fsp3) is 0.385. The van der Waals surface area contributed by atoms with Crippen LogP contribution in [0.1, 0.15) is 44.5 Å². The van der Waals surface area contributed by atoms with Crippen LogP contribution < -0.4 is 15.5 Å². The molecular weight excluding hydrogens is 462 g/mol. The average molecular weight is 496 g/mol. The van der Waals surface area contributed by atoms with E-state index in [2.05, 4.69) is 34.4 Å². The number of hydrogen-bond donors (Lipinski definition) is 2. The maximum Gasteiger partial charge on any atom is 0.262 e. The van der Waals surface area contributed by atoms with Crippen molar-refractivity contribution in [3.8, 4) is 0 Å². The number of benzene rings is 2. The average Bonchev–Trinajstić information content (AvgIpc) is 3.21. The van der Waals surface area contributed by atoms with E-state index in [-0.39, 0.29) is 24.1 Å². The zero-order valence-electron chi connectivity index (χ0n) is 20.7. The Morgan fingerprint density at radius 2 is 1.54 bits per heavy atom. The third kappa shape index (κ3) is 6.85. The number of amides is 3. The monoisotopic (exact) mass is 495 g/mol. The second-order valence-electron chi connectivity index (χ2n) is 8.02. The first-order valence-electron chi connectivity index (χ1n) is 12.0. The molecule has 35 heavy (non-hydrogen) atoms. The number of rotatable bonds is 10. The van der Waals surface area contributed by atoms with Crippen LogP contribution >= 0.6 is 11.8 Å². The lowest BCUT2D eigenvalue weighted by Crippen LogP contribution is -2.27. The van der Waals surface area contributed by atoms with E-state index in [1.54, 1.807) is 24.3 Å². The number of anilines is 3. The minimum Gasteiger partial charge on any atom is -0.372 e. The Morgan fingerprint density at radius 1 is 0.886 bits per heavy atom. The maximum atomic E-state index is 12.8. The number of nitrogens with zero attached hydrogens (tertiary/aromatic N) is 3. The summed E-state index contributed by atoms with van der Waals surface area (Å²) in [6.07, 6.45) is 0.0209. The molecule has 9 heteroatoms. The molecule has 1 atom stereocenters. The zero-order chi connectivity index (χ0) is 25.4. The van der Waals surface area contributed by atoms with Gasteiger partial charge in [-0.25, -0.2) is 0 Å². The molecule has 0 saturated heterocycles. The van der Waals surface area contributed by atoms with Crippen LogP contribution in [0.3, 0.4) is 0 Å². The van der Waals surface area contributed by atoms with E-state index < -0.39 is 5.25 Å². The lowest BCUT2D eigenvalue weighted by molar-refractivity contribution is -0.121. The van der Waals surface area contributed by atoms with Gasteiger partial charge in [-0.1, -0.05) is 17.8 Å². The number of aliphatic imine (C=N–C) groups is 1. The summed E-state index contributed by atoms with van der Waals surface area (Å²) in [4.78, 5) is 45.9. The number of carbonyl (C=O) groups excluding carboxylic acids is 3. The Bertz CT molecular complexity index is 1080. The molecule has 1 aliphatic heterocycles. The van der Waals surface area contributed by atoms with Crippen LogP contribution in [0.4, 0.5) is 17.1 Å². The fourth-order valence-corrected chi connectivity index (χ4v) is 5.00. The minimum atomic E-state index is -0.531. The largest absolute Gasteiger partial charge is 0.372 e. The molecule has 2 aromatic rings. The number of thioether (sulfide) groups is 1. The number of hydrogen-bond acceptors (Lipinski definition) is 6. The number of carbonyl (C=O) groups is 3. The van der Waals surface area contributed by atoms with Crippen LogP contribution in [-0.4, -0.2) is 59.2 Å². The molecule has 8 nitrogen and oxygen atoms in total. The summed E-state index contributed by atoms with van der Waals surface area (Å²) in [5, 5.41) is 5.83. The molecule has 0 fully saturated rings. The SMILES string of the molecule is CCN(CC)C1=NC(=O)[C@H](CC(=O)Nc2cccc(C(=O)Nc3ccc(N(CC)CC)cc3)c2)S1. The molecule has 0 bridgehead atoms. The molecule has 0 unspecified atom stereocenters. The molecule has 1 heterocycles. The Kier molecular flexibility index (Phi) is 9.31. The summed E-state index contributed by atoms with van der Waals surface area (Å²) >= 11 is 1.33. The molecule has 2 N–H and O–H groups in total. The van der Waals surface area contributed by atoms with Gasteiger partial charge in [-0.3, -0.25) is 14.4 Å². The number of amidine groups is 1. The van der Waals surface area contributed by atoms with Crippen molar-refractivity contribution in [3.63, 3.8) is 0 Å². The Morgan fingerprint density at radius 3 is 2.17 bits per heavy atom. The zero-order valence-corrected chi connectivity index (χ0v) is 21.5. The van der Waals surface area contributed by atoms with Crippen LogP contribution in [0, 0.1) is 0 Å². The van der Waals surface area contributed by atoms with Gasteiger partial charge >= 0.3 is 0 Å². The molecular formula is C26H33N5O3S. The van der Waals surface area contributed by atoms with Crippen molar-refractivity contribution in [1.29, 1.82) is 0 Å². The van der Waals surface area contributed by atoms with Gasteiger partial charge in [0.2, 0.25) is 5.91 Å². The van der Waals surface area contributed by atoms with Gasteiger partial charge in [0.05, 0.1) is 0 Å². The van der Waals surface area contributed by atoms with Gasteiger partial charge in [0.1, 0.15) is 5.25 Å². The lowest BCUT2D eigenvalue weighted by Gasteiger charge is -2.21. The highest BCUT2D eigenvalue weighted by Crippen LogP contribution is 2.27. The van der Waals surface area contributed by atoms with Crippen molar-refractivity contribution in [2.24, 2.45) is 4.99 Å². The van der Waals surface area contributed by atoms with Crippen molar-refractivity contribution in [3.05, 3.63) is 54.1 Å². The summed E-state index contributed by atoms with van der Waals surface area (Å²) < 4.78 is 0. The molecule has 0 aromatic heterocycles. The molecule has 3 amide bonds. The lowest BCUT2D eigenvalue weighted by atomic mass is 10.1. The third-order valence-electron chi connectivity index (χ3n) is 5.80. The van der Waals surface area contributed by atoms with E-state index in [1.165, 1.54) is 11.8 Å². The first kappa shape index (κ1) is 26.3. The third-order valence-corrected chi connectivity index (χ3v) is 7.01. The van der Waals surface area contributed by atoms with E-state index in [0.717, 1.165) is 31.9 Å². The van der Waals surface area contributed by atoms with Gasteiger partial charge in [-0.15, -0.1) is 0 Å². The summed E-state index contributed by atoms with van der Waals surface area (Å²) in [6, 6.07) is 14.5. The van der Waals surface area contributed by atoms with E-state index in [0.29, 0.717) is 22.1 Å². The molecule has 186 valence electrons. The molecule has 0 radical (unpaired) electrons. The van der Waals surface area contributed by atoms with Crippen molar-refractivity contribution in [1.82, 2.24) is 4.90 Å². The molecule has 1 aliphatic rings. The van der Waals surface area contributed by atoms with Crippen LogP contribution in [0.25, 0.3) is 0 Å². The van der Waals surface area contributed by atoms with Gasteiger partial charge in [-0.2, -0.15) is 4.99 Å². The molecule has 0 aliphatic carbocycles. The van der Waals surface area contributed by atoms with Gasteiger partial charge < -0.3 is 20.4 Å². The first-order valence-corrected chi connectivity index (χ1v) is 12.9. The van der Waals surface area contributed by atoms with E-state index in [9.17, 15) is 14.4 Å². The van der Waals surface area contributed by atoms with E-state index in [4.69, 9.17) is 0 Å². The van der Waals surface area contributed by atoms with Gasteiger partial charge in [0, 0.05) is 55.2 Å². The summed E-state index contributed by atoms with van der Waals surface area (Å²) in [5.41, 5.74) is 2.72.